The van der Waals surface area contributed by atoms with Crippen LogP contribution >= 0.6 is 23.2 Å². The molecule has 0 atom stereocenters. The van der Waals surface area contributed by atoms with Gasteiger partial charge in [-0.2, -0.15) is 0 Å². The van der Waals surface area contributed by atoms with E-state index >= 15 is 0 Å². The van der Waals surface area contributed by atoms with Gasteiger partial charge in [0, 0.05) is 0 Å². The van der Waals surface area contributed by atoms with Crippen molar-refractivity contribution in [3.05, 3.63) is 63.6 Å². The van der Waals surface area contributed by atoms with Crippen molar-refractivity contribution in [1.82, 2.24) is 9.55 Å². The van der Waals surface area contributed by atoms with Crippen LogP contribution in [0, 0.1) is 12.7 Å². The molecule has 0 aliphatic rings. The van der Waals surface area contributed by atoms with E-state index in [1.165, 1.54) is 6.07 Å². The maximum absolute atomic E-state index is 13.2. The topological polar surface area (TPSA) is 17.8 Å². The van der Waals surface area contributed by atoms with E-state index in [1.54, 1.807) is 12.1 Å². The van der Waals surface area contributed by atoms with E-state index in [9.17, 15) is 4.39 Å². The minimum absolute atomic E-state index is 0.110. The van der Waals surface area contributed by atoms with Gasteiger partial charge in [-0.25, -0.2) is 9.37 Å². The van der Waals surface area contributed by atoms with Crippen LogP contribution in [0.3, 0.4) is 0 Å². The summed E-state index contributed by atoms with van der Waals surface area (Å²) in [5.74, 6) is -0.423. The molecule has 2 nitrogen and oxygen atoms in total. The molecule has 0 aliphatic heterocycles. The molecule has 1 aromatic heterocycles. The van der Waals surface area contributed by atoms with E-state index < -0.39 is 5.82 Å². The van der Waals surface area contributed by atoms with Gasteiger partial charge < -0.3 is 4.57 Å². The summed E-state index contributed by atoms with van der Waals surface area (Å²) in [4.78, 5) is 4.31. The van der Waals surface area contributed by atoms with Gasteiger partial charge in [0.25, 0.3) is 0 Å². The predicted molar refractivity (Wildman–Crippen MR) is 80.0 cm³/mol. The fourth-order valence-electron chi connectivity index (χ4n) is 2.17. The molecule has 20 heavy (non-hydrogen) atoms. The minimum Gasteiger partial charge on any atom is -0.310 e. The first-order valence-corrected chi connectivity index (χ1v) is 6.86. The number of benzene rings is 2. The van der Waals surface area contributed by atoms with Crippen molar-refractivity contribution in [3.8, 4) is 0 Å². The van der Waals surface area contributed by atoms with Crippen molar-refractivity contribution >= 4 is 34.2 Å². The Bertz CT molecular complexity index is 796. The zero-order valence-corrected chi connectivity index (χ0v) is 12.2. The van der Waals surface area contributed by atoms with Crippen molar-refractivity contribution in [2.45, 2.75) is 13.5 Å². The average Bonchev–Trinajstić information content (AvgIpc) is 2.70. The Morgan fingerprint density at radius 1 is 1.15 bits per heavy atom. The molecule has 0 amide bonds. The number of rotatable bonds is 2. The van der Waals surface area contributed by atoms with Crippen LogP contribution in [0.1, 0.15) is 11.1 Å². The molecule has 0 saturated heterocycles. The Balaban J connectivity index is 2.07. The number of halogens is 3. The zero-order valence-electron chi connectivity index (χ0n) is 10.7. The summed E-state index contributed by atoms with van der Waals surface area (Å²) >= 11 is 12.0. The van der Waals surface area contributed by atoms with Gasteiger partial charge in [0.15, 0.2) is 0 Å². The van der Waals surface area contributed by atoms with E-state index in [4.69, 9.17) is 23.2 Å². The summed E-state index contributed by atoms with van der Waals surface area (Å²) in [5.41, 5.74) is 3.80. The third-order valence-electron chi connectivity index (χ3n) is 3.18. The van der Waals surface area contributed by atoms with E-state index in [1.807, 2.05) is 29.7 Å². The van der Waals surface area contributed by atoms with Crippen LogP contribution in [0.5, 0.6) is 0 Å². The lowest BCUT2D eigenvalue weighted by Gasteiger charge is -2.07. The van der Waals surface area contributed by atoms with E-state index in [-0.39, 0.29) is 5.02 Å². The van der Waals surface area contributed by atoms with Gasteiger partial charge >= 0.3 is 0 Å². The monoisotopic (exact) mass is 308 g/mol. The summed E-state index contributed by atoms with van der Waals surface area (Å²) in [6.45, 7) is 2.51. The van der Waals surface area contributed by atoms with Gasteiger partial charge in [0.1, 0.15) is 5.82 Å². The first-order chi connectivity index (χ1) is 9.54. The highest BCUT2D eigenvalue weighted by Crippen LogP contribution is 2.24. The highest BCUT2D eigenvalue weighted by atomic mass is 35.5. The second kappa shape index (κ2) is 5.08. The summed E-state index contributed by atoms with van der Waals surface area (Å²) in [7, 11) is 0. The van der Waals surface area contributed by atoms with E-state index in [0.717, 1.165) is 22.2 Å². The van der Waals surface area contributed by atoms with Crippen molar-refractivity contribution in [3.63, 3.8) is 0 Å². The van der Waals surface area contributed by atoms with Crippen molar-refractivity contribution in [2.24, 2.45) is 0 Å². The van der Waals surface area contributed by atoms with Crippen LogP contribution in [0.25, 0.3) is 11.0 Å². The smallest absolute Gasteiger partial charge is 0.204 e. The van der Waals surface area contributed by atoms with Gasteiger partial charge in [0.05, 0.1) is 22.6 Å². The Labute approximate surface area is 125 Å². The molecule has 5 heteroatoms. The van der Waals surface area contributed by atoms with Crippen LogP contribution in [-0.2, 0) is 6.54 Å². The lowest BCUT2D eigenvalue weighted by molar-refractivity contribution is 0.627. The van der Waals surface area contributed by atoms with E-state index in [0.29, 0.717) is 11.8 Å². The van der Waals surface area contributed by atoms with Gasteiger partial charge in [-0.15, -0.1) is 0 Å². The van der Waals surface area contributed by atoms with Gasteiger partial charge in [-0.05, 0) is 53.9 Å². The van der Waals surface area contributed by atoms with Crippen molar-refractivity contribution < 1.29 is 4.39 Å². The standard InChI is InChI=1S/C15H11Cl2FN2/c1-9-2-5-13-14(6-9)20(15(17)19-13)8-10-3-4-12(18)11(16)7-10/h2-7H,8H2,1H3. The summed E-state index contributed by atoms with van der Waals surface area (Å²) < 4.78 is 15.1. The molecule has 0 spiro atoms. The Hall–Kier alpha value is -1.58. The van der Waals surface area contributed by atoms with Crippen LogP contribution in [0.15, 0.2) is 36.4 Å². The first-order valence-electron chi connectivity index (χ1n) is 6.11. The van der Waals surface area contributed by atoms with Gasteiger partial charge in [-0.3, -0.25) is 0 Å². The number of fused-ring (bicyclic) bond motifs is 1. The lowest BCUT2D eigenvalue weighted by atomic mass is 10.2. The van der Waals surface area contributed by atoms with Crippen LogP contribution in [0.2, 0.25) is 10.3 Å². The second-order valence-electron chi connectivity index (χ2n) is 4.71. The largest absolute Gasteiger partial charge is 0.310 e. The summed E-state index contributed by atoms with van der Waals surface area (Å²) in [6.07, 6.45) is 0. The maximum Gasteiger partial charge on any atom is 0.204 e. The number of aryl methyl sites for hydroxylation is 1. The average molecular weight is 309 g/mol. The third-order valence-corrected chi connectivity index (χ3v) is 3.76. The van der Waals surface area contributed by atoms with Crippen LogP contribution < -0.4 is 0 Å². The molecule has 2 aromatic carbocycles. The lowest BCUT2D eigenvalue weighted by Crippen LogP contribution is -2.00. The summed E-state index contributed by atoms with van der Waals surface area (Å²) in [6, 6.07) is 10.6. The third kappa shape index (κ3) is 2.39. The molecule has 0 radical (unpaired) electrons. The zero-order chi connectivity index (χ0) is 14.3. The normalized spacial score (nSPS) is 11.2. The molecule has 3 aromatic rings. The molecular formula is C15H11Cl2FN2. The molecule has 102 valence electrons. The van der Waals surface area contributed by atoms with Crippen molar-refractivity contribution in [1.29, 1.82) is 0 Å². The number of hydrogen-bond donors (Lipinski definition) is 0. The van der Waals surface area contributed by atoms with Crippen LogP contribution in [0.4, 0.5) is 4.39 Å². The molecule has 0 fully saturated rings. The maximum atomic E-state index is 13.2. The van der Waals surface area contributed by atoms with E-state index in [2.05, 4.69) is 4.98 Å². The summed E-state index contributed by atoms with van der Waals surface area (Å²) in [5, 5.41) is 0.519. The van der Waals surface area contributed by atoms with Crippen LogP contribution in [-0.4, -0.2) is 9.55 Å². The molecular weight excluding hydrogens is 298 g/mol. The van der Waals surface area contributed by atoms with Crippen molar-refractivity contribution in [2.75, 3.05) is 0 Å². The number of hydrogen-bond acceptors (Lipinski definition) is 1. The Kier molecular flexibility index (Phi) is 3.40. The molecule has 0 aliphatic carbocycles. The SMILES string of the molecule is Cc1ccc2nc(Cl)n(Cc3ccc(F)c(Cl)c3)c2c1. The van der Waals surface area contributed by atoms with Gasteiger partial charge in [0.2, 0.25) is 5.28 Å². The number of nitrogens with zero attached hydrogens (tertiary/aromatic N) is 2. The number of imidazole rings is 1. The second-order valence-corrected chi connectivity index (χ2v) is 5.45. The molecule has 1 heterocycles. The molecule has 0 bridgehead atoms. The molecule has 0 unspecified atom stereocenters. The molecule has 3 rings (SSSR count). The Morgan fingerprint density at radius 2 is 1.95 bits per heavy atom. The quantitative estimate of drug-likeness (QED) is 0.662. The molecule has 0 N–H and O–H groups in total. The van der Waals surface area contributed by atoms with Gasteiger partial charge in [-0.1, -0.05) is 23.7 Å². The Morgan fingerprint density at radius 3 is 2.70 bits per heavy atom. The molecule has 0 saturated carbocycles. The minimum atomic E-state index is -0.423. The highest BCUT2D eigenvalue weighted by molar-refractivity contribution is 6.30. The fraction of sp³-hybridized carbons (Fsp3) is 0.133. The fourth-order valence-corrected chi connectivity index (χ4v) is 2.62. The highest BCUT2D eigenvalue weighted by Gasteiger charge is 2.10. The predicted octanol–water partition coefficient (Wildman–Crippen LogP) is 4.84. The number of aromatic nitrogens is 2. The first kappa shape index (κ1) is 13.4.